The molecule has 0 aromatic heterocycles. The molecule has 1 aromatic carbocycles. The second kappa shape index (κ2) is 6.47. The van der Waals surface area contributed by atoms with Gasteiger partial charge in [-0.2, -0.15) is 0 Å². The van der Waals surface area contributed by atoms with Gasteiger partial charge in [-0.05, 0) is 50.4 Å². The zero-order chi connectivity index (χ0) is 15.6. The van der Waals surface area contributed by atoms with Crippen molar-refractivity contribution in [3.63, 3.8) is 0 Å². The van der Waals surface area contributed by atoms with Gasteiger partial charge < -0.3 is 20.1 Å². The number of hydrogen-bond donors (Lipinski definition) is 1. The minimum absolute atomic E-state index is 0.183. The predicted molar refractivity (Wildman–Crippen MR) is 88.5 cm³/mol. The number of rotatable bonds is 4. The molecule has 122 valence electrons. The monoisotopic (exact) mass is 304 g/mol. The van der Waals surface area contributed by atoms with E-state index in [1.807, 2.05) is 6.07 Å². The molecule has 0 unspecified atom stereocenters. The molecular formula is C18H28N2O2. The molecule has 0 amide bonds. The van der Waals surface area contributed by atoms with Gasteiger partial charge in [0.25, 0.3) is 0 Å². The minimum atomic E-state index is -0.183. The third kappa shape index (κ3) is 3.23. The van der Waals surface area contributed by atoms with Crippen LogP contribution in [0, 0.1) is 0 Å². The lowest BCUT2D eigenvalue weighted by atomic mass is 9.89. The van der Waals surface area contributed by atoms with E-state index in [-0.39, 0.29) is 11.6 Å². The lowest BCUT2D eigenvalue weighted by Gasteiger charge is -2.30. The largest absolute Gasteiger partial charge is 0.493 e. The number of hydrogen-bond acceptors (Lipinski definition) is 4. The van der Waals surface area contributed by atoms with Gasteiger partial charge in [0.05, 0.1) is 7.11 Å². The molecule has 4 nitrogen and oxygen atoms in total. The fourth-order valence-corrected chi connectivity index (χ4v) is 3.66. The Balaban J connectivity index is 1.79. The maximum Gasteiger partial charge on any atom is 0.161 e. The molecule has 1 heterocycles. The van der Waals surface area contributed by atoms with Crippen LogP contribution in [0.2, 0.25) is 0 Å². The Morgan fingerprint density at radius 1 is 1.14 bits per heavy atom. The number of nitrogens with zero attached hydrogens (tertiary/aromatic N) is 1. The number of likely N-dealkylation sites (tertiary alicyclic amines) is 1. The van der Waals surface area contributed by atoms with Crippen molar-refractivity contribution in [2.24, 2.45) is 5.73 Å². The number of piperidine rings is 1. The van der Waals surface area contributed by atoms with Crippen molar-refractivity contribution >= 4 is 0 Å². The molecule has 22 heavy (non-hydrogen) atoms. The Labute approximate surface area is 133 Å². The molecule has 1 saturated heterocycles. The molecule has 0 spiro atoms. The van der Waals surface area contributed by atoms with Crippen LogP contribution in [0.4, 0.5) is 0 Å². The lowest BCUT2D eigenvalue weighted by molar-refractivity contribution is 0.111. The molecule has 2 aliphatic rings. The number of benzene rings is 1. The van der Waals surface area contributed by atoms with Crippen LogP contribution in [0.1, 0.15) is 44.1 Å². The van der Waals surface area contributed by atoms with Gasteiger partial charge in [-0.3, -0.25) is 0 Å². The zero-order valence-electron chi connectivity index (χ0n) is 13.8. The van der Waals surface area contributed by atoms with Crippen molar-refractivity contribution in [2.75, 3.05) is 27.2 Å². The summed E-state index contributed by atoms with van der Waals surface area (Å²) in [6, 6.07) is 6.22. The van der Waals surface area contributed by atoms with Crippen LogP contribution in [-0.2, 0) is 5.54 Å². The molecule has 0 bridgehead atoms. The van der Waals surface area contributed by atoms with E-state index in [1.54, 1.807) is 7.11 Å². The lowest BCUT2D eigenvalue weighted by Crippen LogP contribution is -2.36. The third-order valence-electron chi connectivity index (χ3n) is 5.19. The molecular weight excluding hydrogens is 276 g/mol. The van der Waals surface area contributed by atoms with Crippen molar-refractivity contribution < 1.29 is 9.47 Å². The fraction of sp³-hybridized carbons (Fsp3) is 0.667. The van der Waals surface area contributed by atoms with Crippen molar-refractivity contribution in [1.29, 1.82) is 0 Å². The van der Waals surface area contributed by atoms with Crippen molar-refractivity contribution in [1.82, 2.24) is 4.90 Å². The van der Waals surface area contributed by atoms with Crippen LogP contribution in [0.25, 0.3) is 0 Å². The second-order valence-corrected chi connectivity index (χ2v) is 6.85. The van der Waals surface area contributed by atoms with E-state index in [0.717, 1.165) is 50.3 Å². The zero-order valence-corrected chi connectivity index (χ0v) is 13.8. The van der Waals surface area contributed by atoms with E-state index in [0.29, 0.717) is 0 Å². The Kier molecular flexibility index (Phi) is 4.59. The van der Waals surface area contributed by atoms with Crippen molar-refractivity contribution in [2.45, 2.75) is 50.2 Å². The number of methoxy groups -OCH3 is 1. The Morgan fingerprint density at radius 2 is 1.82 bits per heavy atom. The molecule has 1 aliphatic carbocycles. The summed E-state index contributed by atoms with van der Waals surface area (Å²) >= 11 is 0. The first-order chi connectivity index (χ1) is 10.6. The maximum absolute atomic E-state index is 6.59. The molecule has 1 saturated carbocycles. The van der Waals surface area contributed by atoms with Gasteiger partial charge in [-0.15, -0.1) is 0 Å². The normalized spacial score (nSPS) is 22.7. The van der Waals surface area contributed by atoms with E-state index < -0.39 is 0 Å². The summed E-state index contributed by atoms with van der Waals surface area (Å²) in [6.07, 6.45) is 6.97. The van der Waals surface area contributed by atoms with E-state index in [9.17, 15) is 0 Å². The molecule has 2 N–H and O–H groups in total. The summed E-state index contributed by atoms with van der Waals surface area (Å²) in [5.41, 5.74) is 7.59. The summed E-state index contributed by atoms with van der Waals surface area (Å²) in [4.78, 5) is 2.35. The Bertz CT molecular complexity index is 504. The first-order valence-corrected chi connectivity index (χ1v) is 8.43. The van der Waals surface area contributed by atoms with Gasteiger partial charge in [0.15, 0.2) is 11.5 Å². The fourth-order valence-electron chi connectivity index (χ4n) is 3.66. The van der Waals surface area contributed by atoms with Crippen LogP contribution >= 0.6 is 0 Å². The third-order valence-corrected chi connectivity index (χ3v) is 5.19. The first-order valence-electron chi connectivity index (χ1n) is 8.43. The van der Waals surface area contributed by atoms with Gasteiger partial charge in [0.1, 0.15) is 6.10 Å². The molecule has 0 atom stereocenters. The topological polar surface area (TPSA) is 47.7 Å². The van der Waals surface area contributed by atoms with E-state index in [1.165, 1.54) is 18.4 Å². The van der Waals surface area contributed by atoms with Crippen molar-refractivity contribution in [3.8, 4) is 11.5 Å². The van der Waals surface area contributed by atoms with Crippen LogP contribution < -0.4 is 15.2 Å². The summed E-state index contributed by atoms with van der Waals surface area (Å²) < 4.78 is 11.7. The van der Waals surface area contributed by atoms with Gasteiger partial charge in [-0.25, -0.2) is 0 Å². The van der Waals surface area contributed by atoms with Crippen LogP contribution in [0.3, 0.4) is 0 Å². The van der Waals surface area contributed by atoms with Crippen LogP contribution in [-0.4, -0.2) is 38.3 Å². The molecule has 1 aliphatic heterocycles. The molecule has 3 rings (SSSR count). The van der Waals surface area contributed by atoms with E-state index in [2.05, 4.69) is 24.1 Å². The quantitative estimate of drug-likeness (QED) is 0.929. The van der Waals surface area contributed by atoms with Crippen molar-refractivity contribution in [3.05, 3.63) is 23.8 Å². The first kappa shape index (κ1) is 15.6. The summed E-state index contributed by atoms with van der Waals surface area (Å²) in [5, 5.41) is 0. The van der Waals surface area contributed by atoms with E-state index >= 15 is 0 Å². The predicted octanol–water partition coefficient (Wildman–Crippen LogP) is 2.90. The van der Waals surface area contributed by atoms with Gasteiger partial charge in [0.2, 0.25) is 0 Å². The molecule has 4 heteroatoms. The average Bonchev–Trinajstić information content (AvgIpc) is 2.97. The van der Waals surface area contributed by atoms with Gasteiger partial charge >= 0.3 is 0 Å². The minimum Gasteiger partial charge on any atom is -0.493 e. The highest BCUT2D eigenvalue weighted by atomic mass is 16.5. The molecule has 1 aromatic rings. The van der Waals surface area contributed by atoms with Gasteiger partial charge in [0, 0.05) is 18.6 Å². The highest BCUT2D eigenvalue weighted by Crippen LogP contribution is 2.40. The number of nitrogens with two attached hydrogens (primary N) is 1. The SMILES string of the molecule is COc1ccc(C2(N)CCCC2)cc1OC1CCN(C)CC1. The Morgan fingerprint density at radius 3 is 2.45 bits per heavy atom. The van der Waals surface area contributed by atoms with Crippen LogP contribution in [0.15, 0.2) is 18.2 Å². The molecule has 0 radical (unpaired) electrons. The second-order valence-electron chi connectivity index (χ2n) is 6.85. The standard InChI is InChI=1S/C18H28N2O2/c1-20-11-7-15(8-12-20)22-17-13-14(5-6-16(17)21-2)18(19)9-3-4-10-18/h5-6,13,15H,3-4,7-12,19H2,1-2H3. The maximum atomic E-state index is 6.59. The smallest absolute Gasteiger partial charge is 0.161 e. The summed E-state index contributed by atoms with van der Waals surface area (Å²) in [5.74, 6) is 1.66. The van der Waals surface area contributed by atoms with Crippen LogP contribution in [0.5, 0.6) is 11.5 Å². The Hall–Kier alpha value is -1.26. The average molecular weight is 304 g/mol. The van der Waals surface area contributed by atoms with Gasteiger partial charge in [-0.1, -0.05) is 18.9 Å². The summed E-state index contributed by atoms with van der Waals surface area (Å²) in [7, 11) is 3.86. The van der Waals surface area contributed by atoms with E-state index in [4.69, 9.17) is 15.2 Å². The highest BCUT2D eigenvalue weighted by molar-refractivity contribution is 5.45. The summed E-state index contributed by atoms with van der Waals surface area (Å²) in [6.45, 7) is 2.18. The number of ether oxygens (including phenoxy) is 2. The highest BCUT2D eigenvalue weighted by Gasteiger charge is 2.32. The molecule has 2 fully saturated rings.